The largest absolute Gasteiger partial charge is 0.439 e. The fourth-order valence-electron chi connectivity index (χ4n) is 3.14. The van der Waals surface area contributed by atoms with Crippen molar-refractivity contribution in [3.8, 4) is 11.6 Å². The molecule has 1 unspecified atom stereocenters. The Morgan fingerprint density at radius 1 is 1.23 bits per heavy atom. The molecular weight excluding hydrogens is 330 g/mol. The Kier molecular flexibility index (Phi) is 6.44. The fourth-order valence-corrected chi connectivity index (χ4v) is 3.14. The second-order valence-electron chi connectivity index (χ2n) is 6.35. The van der Waals surface area contributed by atoms with Crippen molar-refractivity contribution < 1.29 is 14.3 Å². The molecule has 0 aliphatic carbocycles. The summed E-state index contributed by atoms with van der Waals surface area (Å²) >= 11 is 0. The highest BCUT2D eigenvalue weighted by Gasteiger charge is 2.26. The number of para-hydroxylation sites is 1. The number of amides is 2. The third-order valence-corrected chi connectivity index (χ3v) is 4.50. The van der Waals surface area contributed by atoms with E-state index < -0.39 is 0 Å². The van der Waals surface area contributed by atoms with Crippen LogP contribution in [0.3, 0.4) is 0 Å². The summed E-state index contributed by atoms with van der Waals surface area (Å²) in [6.45, 7) is 1.45. The van der Waals surface area contributed by atoms with E-state index in [4.69, 9.17) is 9.47 Å². The molecule has 3 rings (SSSR count). The van der Waals surface area contributed by atoms with Crippen LogP contribution in [0.4, 0.5) is 10.5 Å². The summed E-state index contributed by atoms with van der Waals surface area (Å²) in [5.74, 6) is 1.22. The fraction of sp³-hybridized carbons (Fsp3) is 0.400. The number of rotatable bonds is 6. The highest BCUT2D eigenvalue weighted by atomic mass is 16.5. The number of likely N-dealkylation sites (tertiary alicyclic amines) is 1. The van der Waals surface area contributed by atoms with Gasteiger partial charge in [-0.3, -0.25) is 0 Å². The van der Waals surface area contributed by atoms with Gasteiger partial charge in [0.25, 0.3) is 0 Å². The number of nitrogens with one attached hydrogen (secondary N) is 1. The van der Waals surface area contributed by atoms with E-state index in [1.807, 2.05) is 35.2 Å². The summed E-state index contributed by atoms with van der Waals surface area (Å²) in [6, 6.07) is 13.2. The van der Waals surface area contributed by atoms with Gasteiger partial charge in [0.2, 0.25) is 5.88 Å². The molecule has 0 radical (unpaired) electrons. The van der Waals surface area contributed by atoms with Crippen molar-refractivity contribution in [1.82, 2.24) is 9.88 Å². The highest BCUT2D eigenvalue weighted by Crippen LogP contribution is 2.22. The Bertz CT molecular complexity index is 691. The van der Waals surface area contributed by atoms with Crippen molar-refractivity contribution in [3.63, 3.8) is 0 Å². The van der Waals surface area contributed by atoms with Crippen LogP contribution < -0.4 is 10.1 Å². The molecule has 1 aromatic carbocycles. The first-order chi connectivity index (χ1) is 12.8. The van der Waals surface area contributed by atoms with E-state index in [0.717, 1.165) is 38.0 Å². The van der Waals surface area contributed by atoms with Gasteiger partial charge in [-0.25, -0.2) is 9.78 Å². The summed E-state index contributed by atoms with van der Waals surface area (Å²) in [7, 11) is 1.69. The number of carbonyl (C=O) groups excluding carboxylic acids is 1. The van der Waals surface area contributed by atoms with E-state index in [-0.39, 0.29) is 12.1 Å². The van der Waals surface area contributed by atoms with Crippen LogP contribution in [-0.4, -0.2) is 42.2 Å². The minimum atomic E-state index is -0.0793. The summed E-state index contributed by atoms with van der Waals surface area (Å²) in [5.41, 5.74) is 0.659. The number of pyridine rings is 1. The zero-order valence-corrected chi connectivity index (χ0v) is 15.1. The first-order valence-corrected chi connectivity index (χ1v) is 9.02. The lowest BCUT2D eigenvalue weighted by Crippen LogP contribution is -2.46. The molecule has 1 aliphatic heterocycles. The standard InChI is InChI=1S/C20H25N3O3/c1-25-14-12-17-7-5-6-13-23(17)20(24)22-16-10-11-19(21-15-16)26-18-8-3-2-4-9-18/h2-4,8-11,15,17H,5-7,12-14H2,1H3,(H,22,24). The van der Waals surface area contributed by atoms with Crippen molar-refractivity contribution >= 4 is 11.7 Å². The maximum atomic E-state index is 12.6. The number of methoxy groups -OCH3 is 1. The van der Waals surface area contributed by atoms with Gasteiger partial charge in [0, 0.05) is 32.4 Å². The molecule has 2 amide bonds. The monoisotopic (exact) mass is 355 g/mol. The van der Waals surface area contributed by atoms with Gasteiger partial charge < -0.3 is 19.7 Å². The number of piperidine rings is 1. The number of ether oxygens (including phenoxy) is 2. The topological polar surface area (TPSA) is 63.7 Å². The quantitative estimate of drug-likeness (QED) is 0.839. The molecule has 26 heavy (non-hydrogen) atoms. The minimum Gasteiger partial charge on any atom is -0.439 e. The summed E-state index contributed by atoms with van der Waals surface area (Å²) in [5, 5.41) is 2.94. The molecular formula is C20H25N3O3. The number of anilines is 1. The number of hydrogen-bond donors (Lipinski definition) is 1. The van der Waals surface area contributed by atoms with Gasteiger partial charge in [0.05, 0.1) is 11.9 Å². The molecule has 6 heteroatoms. The molecule has 1 saturated heterocycles. The second-order valence-corrected chi connectivity index (χ2v) is 6.35. The molecule has 1 N–H and O–H groups in total. The van der Waals surface area contributed by atoms with Gasteiger partial charge in [0.15, 0.2) is 0 Å². The molecule has 1 aliphatic rings. The van der Waals surface area contributed by atoms with Crippen molar-refractivity contribution in [2.75, 3.05) is 25.6 Å². The summed E-state index contributed by atoms with van der Waals surface area (Å²) < 4.78 is 10.8. The molecule has 2 heterocycles. The number of carbonyl (C=O) groups is 1. The lowest BCUT2D eigenvalue weighted by atomic mass is 10.00. The summed E-state index contributed by atoms with van der Waals surface area (Å²) in [6.07, 6.45) is 5.71. The summed E-state index contributed by atoms with van der Waals surface area (Å²) in [4.78, 5) is 18.8. The van der Waals surface area contributed by atoms with Crippen molar-refractivity contribution in [3.05, 3.63) is 48.7 Å². The van der Waals surface area contributed by atoms with E-state index in [9.17, 15) is 4.79 Å². The lowest BCUT2D eigenvalue weighted by molar-refractivity contribution is 0.123. The van der Waals surface area contributed by atoms with Crippen molar-refractivity contribution in [1.29, 1.82) is 0 Å². The number of aromatic nitrogens is 1. The Labute approximate surface area is 154 Å². The van der Waals surface area contributed by atoms with E-state index in [0.29, 0.717) is 18.2 Å². The van der Waals surface area contributed by atoms with E-state index in [1.54, 1.807) is 25.4 Å². The third kappa shape index (κ3) is 4.95. The van der Waals surface area contributed by atoms with Crippen LogP contribution in [0, 0.1) is 0 Å². The Morgan fingerprint density at radius 2 is 2.08 bits per heavy atom. The molecule has 6 nitrogen and oxygen atoms in total. The molecule has 0 bridgehead atoms. The van der Waals surface area contributed by atoms with Crippen LogP contribution in [0.1, 0.15) is 25.7 Å². The first-order valence-electron chi connectivity index (χ1n) is 9.02. The first kappa shape index (κ1) is 18.2. The molecule has 0 spiro atoms. The van der Waals surface area contributed by atoms with Crippen LogP contribution in [0.2, 0.25) is 0 Å². The smallest absolute Gasteiger partial charge is 0.322 e. The molecule has 1 atom stereocenters. The van der Waals surface area contributed by atoms with E-state index >= 15 is 0 Å². The number of hydrogen-bond acceptors (Lipinski definition) is 4. The maximum Gasteiger partial charge on any atom is 0.322 e. The Morgan fingerprint density at radius 3 is 2.81 bits per heavy atom. The lowest BCUT2D eigenvalue weighted by Gasteiger charge is -2.35. The molecule has 1 aromatic heterocycles. The molecule has 2 aromatic rings. The van der Waals surface area contributed by atoms with Gasteiger partial charge in [-0.2, -0.15) is 0 Å². The number of benzene rings is 1. The molecule has 0 saturated carbocycles. The average molecular weight is 355 g/mol. The van der Waals surface area contributed by atoms with Crippen LogP contribution in [0.15, 0.2) is 48.7 Å². The third-order valence-electron chi connectivity index (χ3n) is 4.50. The van der Waals surface area contributed by atoms with Crippen LogP contribution >= 0.6 is 0 Å². The van der Waals surface area contributed by atoms with Crippen molar-refractivity contribution in [2.45, 2.75) is 31.7 Å². The van der Waals surface area contributed by atoms with Crippen LogP contribution in [0.5, 0.6) is 11.6 Å². The van der Waals surface area contributed by atoms with Gasteiger partial charge in [-0.05, 0) is 43.9 Å². The average Bonchev–Trinajstić information content (AvgIpc) is 2.69. The van der Waals surface area contributed by atoms with Gasteiger partial charge in [-0.15, -0.1) is 0 Å². The number of nitrogens with zero attached hydrogens (tertiary/aromatic N) is 2. The van der Waals surface area contributed by atoms with Gasteiger partial charge in [-0.1, -0.05) is 18.2 Å². The van der Waals surface area contributed by atoms with Gasteiger partial charge in [0.1, 0.15) is 5.75 Å². The second kappa shape index (κ2) is 9.20. The van der Waals surface area contributed by atoms with Crippen molar-refractivity contribution in [2.24, 2.45) is 0 Å². The normalized spacial score (nSPS) is 17.0. The van der Waals surface area contributed by atoms with Crippen LogP contribution in [-0.2, 0) is 4.74 Å². The van der Waals surface area contributed by atoms with Crippen LogP contribution in [0.25, 0.3) is 0 Å². The van der Waals surface area contributed by atoms with E-state index in [2.05, 4.69) is 10.3 Å². The molecule has 1 fully saturated rings. The predicted octanol–water partition coefficient (Wildman–Crippen LogP) is 4.30. The molecule has 138 valence electrons. The SMILES string of the molecule is COCCC1CCCCN1C(=O)Nc1ccc(Oc2ccccc2)nc1. The minimum absolute atomic E-state index is 0.0793. The number of urea groups is 1. The predicted molar refractivity (Wildman–Crippen MR) is 101 cm³/mol. The zero-order chi connectivity index (χ0) is 18.2. The zero-order valence-electron chi connectivity index (χ0n) is 15.1. The van der Waals surface area contributed by atoms with Gasteiger partial charge >= 0.3 is 6.03 Å². The maximum absolute atomic E-state index is 12.6. The Balaban J connectivity index is 1.58. The van der Waals surface area contributed by atoms with E-state index in [1.165, 1.54) is 0 Å². The Hall–Kier alpha value is -2.60. The highest BCUT2D eigenvalue weighted by molar-refractivity contribution is 5.89.